The van der Waals surface area contributed by atoms with Crippen molar-refractivity contribution < 1.29 is 9.22 Å². The zero-order chi connectivity index (χ0) is 15.5. The Morgan fingerprint density at radius 1 is 1.14 bits per heavy atom. The lowest BCUT2D eigenvalue weighted by Crippen LogP contribution is -2.56. The zero-order valence-corrected chi connectivity index (χ0v) is 15.1. The molecule has 0 heterocycles. The summed E-state index contributed by atoms with van der Waals surface area (Å²) in [4.78, 5) is 12.2. The molecule has 0 aromatic carbocycles. The van der Waals surface area contributed by atoms with Crippen molar-refractivity contribution in [2.75, 3.05) is 0 Å². The van der Waals surface area contributed by atoms with Gasteiger partial charge >= 0.3 is 5.97 Å². The lowest BCUT2D eigenvalue weighted by atomic mass is 10.1. The van der Waals surface area contributed by atoms with Crippen LogP contribution in [0.25, 0.3) is 0 Å². The average Bonchev–Trinajstić information content (AvgIpc) is 3.17. The topological polar surface area (TPSA) is 26.3 Å². The average molecular weight is 309 g/mol. The maximum absolute atomic E-state index is 12.2. The van der Waals surface area contributed by atoms with Gasteiger partial charge in [-0.25, -0.2) is 4.79 Å². The second-order valence-corrected chi connectivity index (χ2v) is 12.4. The van der Waals surface area contributed by atoms with Gasteiger partial charge in [0.2, 0.25) is 0 Å². The summed E-state index contributed by atoms with van der Waals surface area (Å²) < 4.78 is 6.39. The number of carbonyl (C=O) groups is 1. The second-order valence-electron chi connectivity index (χ2n) is 7.62. The first kappa shape index (κ1) is 16.8. The van der Waals surface area contributed by atoms with Crippen molar-refractivity contribution in [2.45, 2.75) is 94.7 Å². The highest BCUT2D eigenvalue weighted by molar-refractivity contribution is 6.81. The zero-order valence-electron chi connectivity index (χ0n) is 14.1. The molecule has 0 aromatic rings. The van der Waals surface area contributed by atoms with E-state index in [1.165, 1.54) is 57.4 Å². The van der Waals surface area contributed by atoms with Crippen LogP contribution < -0.4 is 0 Å². The summed E-state index contributed by atoms with van der Waals surface area (Å²) in [6.07, 6.45) is 12.9. The monoisotopic (exact) mass is 308 g/mol. The number of hydrogen-bond donors (Lipinski definition) is 0. The first-order valence-electron chi connectivity index (χ1n) is 8.83. The molecule has 0 spiro atoms. The molecule has 0 saturated heterocycles. The molecule has 120 valence electrons. The van der Waals surface area contributed by atoms with E-state index in [-0.39, 0.29) is 11.0 Å². The summed E-state index contributed by atoms with van der Waals surface area (Å²) >= 11 is 0. The van der Waals surface area contributed by atoms with Gasteiger partial charge < -0.3 is 4.43 Å². The van der Waals surface area contributed by atoms with Crippen molar-refractivity contribution in [2.24, 2.45) is 0 Å². The molecule has 0 atom stereocenters. The molecule has 21 heavy (non-hydrogen) atoms. The van der Waals surface area contributed by atoms with Crippen LogP contribution in [-0.2, 0) is 9.22 Å². The molecule has 3 heteroatoms. The van der Waals surface area contributed by atoms with Crippen LogP contribution in [-0.4, -0.2) is 14.3 Å². The van der Waals surface area contributed by atoms with Crippen molar-refractivity contribution in [3.63, 3.8) is 0 Å². The fraction of sp³-hybridized carbons (Fsp3) is 0.833. The van der Waals surface area contributed by atoms with E-state index < -0.39 is 8.32 Å². The fourth-order valence-corrected chi connectivity index (χ4v) is 11.9. The SMILES string of the molecule is C=CC(=O)O[Si](C1CCCC1)(C1CCCC1)C(C)(C)CC. The standard InChI is InChI=1S/C18H32O2Si/c1-5-17(19)20-21(18(3,4)6-2,15-11-7-8-12-15)16-13-9-10-14-16/h5,15-16H,1,6-14H2,2-4H3. The van der Waals surface area contributed by atoms with Crippen molar-refractivity contribution in [1.82, 2.24) is 0 Å². The van der Waals surface area contributed by atoms with Gasteiger partial charge in [-0.05, 0) is 41.8 Å². The maximum Gasteiger partial charge on any atom is 0.316 e. The molecule has 0 amide bonds. The first-order chi connectivity index (χ1) is 9.98. The summed E-state index contributed by atoms with van der Waals surface area (Å²) in [6, 6.07) is 0. The van der Waals surface area contributed by atoms with Gasteiger partial charge in [0, 0.05) is 6.08 Å². The normalized spacial score (nSPS) is 21.7. The first-order valence-corrected chi connectivity index (χ1v) is 10.9. The smallest absolute Gasteiger partial charge is 0.316 e. The Labute approximate surface area is 131 Å². The van der Waals surface area contributed by atoms with Gasteiger partial charge in [0.05, 0.1) is 0 Å². The number of hydrogen-bond acceptors (Lipinski definition) is 2. The van der Waals surface area contributed by atoms with E-state index in [9.17, 15) is 4.79 Å². The van der Waals surface area contributed by atoms with E-state index >= 15 is 0 Å². The van der Waals surface area contributed by atoms with Crippen LogP contribution in [0.5, 0.6) is 0 Å². The summed E-state index contributed by atoms with van der Waals surface area (Å²) in [6.45, 7) is 10.7. The van der Waals surface area contributed by atoms with Gasteiger partial charge in [0.15, 0.2) is 0 Å². The molecule has 0 radical (unpaired) electrons. The quantitative estimate of drug-likeness (QED) is 0.462. The largest absolute Gasteiger partial charge is 0.515 e. The van der Waals surface area contributed by atoms with Gasteiger partial charge in [-0.3, -0.25) is 0 Å². The molecule has 2 rings (SSSR count). The predicted molar refractivity (Wildman–Crippen MR) is 90.8 cm³/mol. The van der Waals surface area contributed by atoms with Crippen LogP contribution in [0.4, 0.5) is 0 Å². The fourth-order valence-electron chi connectivity index (χ4n) is 4.94. The third-order valence-electron chi connectivity index (χ3n) is 6.30. The number of rotatable bonds is 6. The minimum Gasteiger partial charge on any atom is -0.515 e. The van der Waals surface area contributed by atoms with Gasteiger partial charge in [-0.1, -0.05) is 59.5 Å². The van der Waals surface area contributed by atoms with Crippen LogP contribution in [0.1, 0.15) is 78.6 Å². The van der Waals surface area contributed by atoms with Gasteiger partial charge in [0.25, 0.3) is 8.32 Å². The van der Waals surface area contributed by atoms with E-state index in [1.807, 2.05) is 0 Å². The van der Waals surface area contributed by atoms with Crippen LogP contribution >= 0.6 is 0 Å². The minimum absolute atomic E-state index is 0.162. The van der Waals surface area contributed by atoms with Crippen LogP contribution in [0.15, 0.2) is 12.7 Å². The molecule has 0 unspecified atom stereocenters. The Bertz CT molecular complexity index is 361. The molecular weight excluding hydrogens is 276 g/mol. The molecule has 0 aromatic heterocycles. The van der Waals surface area contributed by atoms with E-state index in [0.29, 0.717) is 11.1 Å². The van der Waals surface area contributed by atoms with Crippen LogP contribution in [0.2, 0.25) is 16.1 Å². The highest BCUT2D eigenvalue weighted by atomic mass is 28.4. The van der Waals surface area contributed by atoms with Crippen molar-refractivity contribution in [3.05, 3.63) is 12.7 Å². The van der Waals surface area contributed by atoms with E-state index in [0.717, 1.165) is 6.42 Å². The highest BCUT2D eigenvalue weighted by Gasteiger charge is 2.61. The molecule has 2 aliphatic carbocycles. The summed E-state index contributed by atoms with van der Waals surface area (Å²) in [5.74, 6) is -0.165. The van der Waals surface area contributed by atoms with Crippen molar-refractivity contribution in [3.8, 4) is 0 Å². The molecule has 0 aliphatic heterocycles. The van der Waals surface area contributed by atoms with Crippen molar-refractivity contribution in [1.29, 1.82) is 0 Å². The Kier molecular flexibility index (Phi) is 5.34. The molecule has 2 saturated carbocycles. The van der Waals surface area contributed by atoms with Gasteiger partial charge in [0.1, 0.15) is 0 Å². The van der Waals surface area contributed by atoms with Crippen LogP contribution in [0, 0.1) is 0 Å². The Morgan fingerprint density at radius 3 is 1.90 bits per heavy atom. The summed E-state index contributed by atoms with van der Waals surface area (Å²) in [5, 5.41) is 0.162. The molecule has 0 N–H and O–H groups in total. The van der Waals surface area contributed by atoms with E-state index in [2.05, 4.69) is 27.4 Å². The summed E-state index contributed by atoms with van der Waals surface area (Å²) in [5.41, 5.74) is 1.33. The second kappa shape index (κ2) is 6.68. The maximum atomic E-state index is 12.2. The molecule has 2 nitrogen and oxygen atoms in total. The molecule has 2 fully saturated rings. The van der Waals surface area contributed by atoms with E-state index in [4.69, 9.17) is 4.43 Å². The van der Waals surface area contributed by atoms with Crippen molar-refractivity contribution >= 4 is 14.3 Å². The predicted octanol–water partition coefficient (Wildman–Crippen LogP) is 5.74. The Morgan fingerprint density at radius 2 is 1.57 bits per heavy atom. The lowest BCUT2D eigenvalue weighted by Gasteiger charge is -2.50. The van der Waals surface area contributed by atoms with Gasteiger partial charge in [-0.2, -0.15) is 0 Å². The minimum atomic E-state index is -2.16. The molecular formula is C18H32O2Si. The third-order valence-corrected chi connectivity index (χ3v) is 12.9. The van der Waals surface area contributed by atoms with E-state index in [1.54, 1.807) is 0 Å². The molecule has 2 aliphatic rings. The highest BCUT2D eigenvalue weighted by Crippen LogP contribution is 2.61. The third kappa shape index (κ3) is 2.99. The van der Waals surface area contributed by atoms with Crippen LogP contribution in [0.3, 0.4) is 0 Å². The Hall–Kier alpha value is -0.573. The lowest BCUT2D eigenvalue weighted by molar-refractivity contribution is -0.130. The Balaban J connectivity index is 2.44. The molecule has 0 bridgehead atoms. The number of carbonyl (C=O) groups excluding carboxylic acids is 1. The van der Waals surface area contributed by atoms with Gasteiger partial charge in [-0.15, -0.1) is 0 Å². The summed E-state index contributed by atoms with van der Waals surface area (Å²) in [7, 11) is -2.16.